The fourth-order valence-corrected chi connectivity index (χ4v) is 2.03. The minimum atomic E-state index is -0.247. The quantitative estimate of drug-likeness (QED) is 0.872. The van der Waals surface area contributed by atoms with E-state index < -0.39 is 0 Å². The first kappa shape index (κ1) is 12.8. The van der Waals surface area contributed by atoms with Gasteiger partial charge >= 0.3 is 0 Å². The zero-order valence-corrected chi connectivity index (χ0v) is 10.7. The third-order valence-corrected chi connectivity index (χ3v) is 3.14. The van der Waals surface area contributed by atoms with Crippen molar-refractivity contribution in [3.05, 3.63) is 42.1 Å². The van der Waals surface area contributed by atoms with E-state index in [1.165, 1.54) is 12.1 Å². The van der Waals surface area contributed by atoms with Gasteiger partial charge < -0.3 is 10.7 Å². The number of imidazole rings is 1. The summed E-state index contributed by atoms with van der Waals surface area (Å²) in [6, 6.07) is 6.46. The van der Waals surface area contributed by atoms with Crippen molar-refractivity contribution in [3.63, 3.8) is 0 Å². The average molecular weight is 247 g/mol. The molecular formula is C14H18FN3. The van der Waals surface area contributed by atoms with Crippen LogP contribution in [0.4, 0.5) is 4.39 Å². The van der Waals surface area contributed by atoms with E-state index in [0.29, 0.717) is 12.5 Å². The van der Waals surface area contributed by atoms with Crippen molar-refractivity contribution >= 4 is 0 Å². The van der Waals surface area contributed by atoms with Crippen molar-refractivity contribution in [1.82, 2.24) is 9.97 Å². The first-order valence-electron chi connectivity index (χ1n) is 6.12. The number of nitrogens with one attached hydrogen (secondary N) is 1. The molecule has 3 N–H and O–H groups in total. The van der Waals surface area contributed by atoms with Crippen molar-refractivity contribution in [2.24, 2.45) is 11.7 Å². The number of hydrogen-bond donors (Lipinski definition) is 2. The summed E-state index contributed by atoms with van der Waals surface area (Å²) in [6.07, 6.45) is 1.73. The molecule has 0 saturated carbocycles. The molecule has 0 bridgehead atoms. The van der Waals surface area contributed by atoms with Crippen LogP contribution in [0.3, 0.4) is 0 Å². The summed E-state index contributed by atoms with van der Waals surface area (Å²) in [7, 11) is 0. The number of benzene rings is 1. The lowest BCUT2D eigenvalue weighted by atomic mass is 9.95. The van der Waals surface area contributed by atoms with Crippen LogP contribution >= 0.6 is 0 Å². The molecule has 0 spiro atoms. The molecule has 3 nitrogen and oxygen atoms in total. The number of rotatable bonds is 4. The van der Waals surface area contributed by atoms with Gasteiger partial charge in [0.2, 0.25) is 0 Å². The molecule has 96 valence electrons. The summed E-state index contributed by atoms with van der Waals surface area (Å²) < 4.78 is 13.2. The van der Waals surface area contributed by atoms with Crippen LogP contribution < -0.4 is 5.73 Å². The largest absolute Gasteiger partial charge is 0.342 e. The Morgan fingerprint density at radius 1 is 1.39 bits per heavy atom. The third-order valence-electron chi connectivity index (χ3n) is 3.14. The van der Waals surface area contributed by atoms with Crippen molar-refractivity contribution in [3.8, 4) is 11.3 Å². The van der Waals surface area contributed by atoms with Gasteiger partial charge in [-0.2, -0.15) is 0 Å². The highest BCUT2D eigenvalue weighted by atomic mass is 19.1. The molecule has 0 radical (unpaired) electrons. The molecule has 2 rings (SSSR count). The van der Waals surface area contributed by atoms with Crippen molar-refractivity contribution in [2.75, 3.05) is 6.54 Å². The minimum Gasteiger partial charge on any atom is -0.342 e. The average Bonchev–Trinajstić information content (AvgIpc) is 2.79. The van der Waals surface area contributed by atoms with Gasteiger partial charge in [-0.25, -0.2) is 9.37 Å². The maximum atomic E-state index is 13.2. The van der Waals surface area contributed by atoms with E-state index in [4.69, 9.17) is 5.73 Å². The van der Waals surface area contributed by atoms with Crippen LogP contribution in [0.1, 0.15) is 25.6 Å². The second-order valence-corrected chi connectivity index (χ2v) is 4.78. The first-order chi connectivity index (χ1) is 8.61. The molecule has 0 aliphatic heterocycles. The standard InChI is InChI=1S/C14H18FN3/c1-9(2)12(7-16)14-17-8-13(18-14)10-4-3-5-11(15)6-10/h3-6,8-9,12H,7,16H2,1-2H3,(H,17,18). The van der Waals surface area contributed by atoms with Crippen LogP contribution in [0, 0.1) is 11.7 Å². The van der Waals surface area contributed by atoms with E-state index in [1.54, 1.807) is 12.3 Å². The Bertz CT molecular complexity index is 519. The Labute approximate surface area is 106 Å². The SMILES string of the molecule is CC(C)C(CN)c1ncc(-c2cccc(F)c2)[nH]1. The van der Waals surface area contributed by atoms with E-state index in [9.17, 15) is 4.39 Å². The molecule has 0 amide bonds. The highest BCUT2D eigenvalue weighted by molar-refractivity contribution is 5.58. The van der Waals surface area contributed by atoms with Crippen LogP contribution in [0.25, 0.3) is 11.3 Å². The van der Waals surface area contributed by atoms with Crippen molar-refractivity contribution in [1.29, 1.82) is 0 Å². The number of halogens is 1. The second-order valence-electron chi connectivity index (χ2n) is 4.78. The lowest BCUT2D eigenvalue weighted by molar-refractivity contribution is 0.487. The molecule has 1 atom stereocenters. The Hall–Kier alpha value is -1.68. The molecule has 4 heteroatoms. The van der Waals surface area contributed by atoms with E-state index in [1.807, 2.05) is 6.07 Å². The Kier molecular flexibility index (Phi) is 3.77. The highest BCUT2D eigenvalue weighted by Gasteiger charge is 2.17. The van der Waals surface area contributed by atoms with Gasteiger partial charge in [0.05, 0.1) is 11.9 Å². The predicted octanol–water partition coefficient (Wildman–Crippen LogP) is 2.91. The summed E-state index contributed by atoms with van der Waals surface area (Å²) in [6.45, 7) is 4.78. The number of H-pyrrole nitrogens is 1. The lowest BCUT2D eigenvalue weighted by Crippen LogP contribution is -2.19. The molecule has 0 aliphatic carbocycles. The van der Waals surface area contributed by atoms with Crippen LogP contribution in [-0.4, -0.2) is 16.5 Å². The summed E-state index contributed by atoms with van der Waals surface area (Å²) in [5.41, 5.74) is 7.38. The first-order valence-corrected chi connectivity index (χ1v) is 6.12. The fraction of sp³-hybridized carbons (Fsp3) is 0.357. The molecule has 1 aromatic carbocycles. The van der Waals surface area contributed by atoms with E-state index >= 15 is 0 Å². The van der Waals surface area contributed by atoms with E-state index in [2.05, 4.69) is 23.8 Å². The summed E-state index contributed by atoms with van der Waals surface area (Å²) in [4.78, 5) is 7.59. The number of hydrogen-bond acceptors (Lipinski definition) is 2. The van der Waals surface area contributed by atoms with E-state index in [-0.39, 0.29) is 11.7 Å². The summed E-state index contributed by atoms with van der Waals surface area (Å²) >= 11 is 0. The van der Waals surface area contributed by atoms with Crippen LogP contribution in [0.15, 0.2) is 30.5 Å². The number of nitrogens with zero attached hydrogens (tertiary/aromatic N) is 1. The van der Waals surface area contributed by atoms with Crippen LogP contribution in [0.5, 0.6) is 0 Å². The van der Waals surface area contributed by atoms with Gasteiger partial charge in [-0.3, -0.25) is 0 Å². The number of nitrogens with two attached hydrogens (primary N) is 1. The molecule has 1 unspecified atom stereocenters. The van der Waals surface area contributed by atoms with Crippen LogP contribution in [-0.2, 0) is 0 Å². The van der Waals surface area contributed by atoms with Gasteiger partial charge in [-0.1, -0.05) is 26.0 Å². The Morgan fingerprint density at radius 2 is 2.17 bits per heavy atom. The highest BCUT2D eigenvalue weighted by Crippen LogP contribution is 2.24. The molecule has 18 heavy (non-hydrogen) atoms. The van der Waals surface area contributed by atoms with Gasteiger partial charge in [-0.05, 0) is 18.1 Å². The van der Waals surface area contributed by atoms with Crippen LogP contribution in [0.2, 0.25) is 0 Å². The molecule has 1 heterocycles. The monoisotopic (exact) mass is 247 g/mol. The maximum Gasteiger partial charge on any atom is 0.123 e. The normalized spacial score (nSPS) is 12.9. The zero-order chi connectivity index (χ0) is 13.1. The van der Waals surface area contributed by atoms with Gasteiger partial charge in [0, 0.05) is 18.0 Å². The Morgan fingerprint density at radius 3 is 2.78 bits per heavy atom. The Balaban J connectivity index is 2.30. The second kappa shape index (κ2) is 5.31. The molecule has 2 aromatic rings. The molecule has 0 aliphatic rings. The number of aromatic amines is 1. The topological polar surface area (TPSA) is 54.7 Å². The zero-order valence-electron chi connectivity index (χ0n) is 10.7. The van der Waals surface area contributed by atoms with Gasteiger partial charge in [0.1, 0.15) is 11.6 Å². The van der Waals surface area contributed by atoms with Gasteiger partial charge in [0.15, 0.2) is 0 Å². The van der Waals surface area contributed by atoms with Gasteiger partial charge in [-0.15, -0.1) is 0 Å². The lowest BCUT2D eigenvalue weighted by Gasteiger charge is -2.15. The van der Waals surface area contributed by atoms with Crippen molar-refractivity contribution < 1.29 is 4.39 Å². The maximum absolute atomic E-state index is 13.2. The molecule has 0 fully saturated rings. The van der Waals surface area contributed by atoms with E-state index in [0.717, 1.165) is 17.1 Å². The molecular weight excluding hydrogens is 229 g/mol. The molecule has 0 saturated heterocycles. The summed E-state index contributed by atoms with van der Waals surface area (Å²) in [5.74, 6) is 1.24. The smallest absolute Gasteiger partial charge is 0.123 e. The fourth-order valence-electron chi connectivity index (χ4n) is 2.03. The third kappa shape index (κ3) is 2.59. The summed E-state index contributed by atoms with van der Waals surface area (Å²) in [5, 5.41) is 0. The predicted molar refractivity (Wildman–Crippen MR) is 70.6 cm³/mol. The number of aromatic nitrogens is 2. The molecule has 1 aromatic heterocycles. The minimum absolute atomic E-state index is 0.201. The van der Waals surface area contributed by atoms with Crippen molar-refractivity contribution in [2.45, 2.75) is 19.8 Å². The van der Waals surface area contributed by atoms with Gasteiger partial charge in [0.25, 0.3) is 0 Å².